The van der Waals surface area contributed by atoms with E-state index in [0.717, 1.165) is 18.4 Å². The van der Waals surface area contributed by atoms with Crippen molar-refractivity contribution in [1.29, 1.82) is 0 Å². The maximum Gasteiger partial charge on any atom is 0.249 e. The minimum Gasteiger partial charge on any atom is -0.337 e. The predicted molar refractivity (Wildman–Crippen MR) is 79.0 cm³/mol. The normalized spacial score (nSPS) is 17.3. The first-order valence-electron chi connectivity index (χ1n) is 7.55. The van der Waals surface area contributed by atoms with E-state index in [0.29, 0.717) is 18.3 Å². The highest BCUT2D eigenvalue weighted by Gasteiger charge is 2.34. The molecule has 3 aromatic rings. The number of tetrazole rings is 1. The first-order valence-corrected chi connectivity index (χ1v) is 7.55. The molecule has 0 saturated carbocycles. The van der Waals surface area contributed by atoms with Gasteiger partial charge in [-0.2, -0.15) is 4.98 Å². The molecule has 24 heavy (non-hydrogen) atoms. The lowest BCUT2D eigenvalue weighted by molar-refractivity contribution is -0.133. The van der Waals surface area contributed by atoms with Crippen LogP contribution >= 0.6 is 0 Å². The molecule has 4 heterocycles. The Balaban J connectivity index is 1.53. The van der Waals surface area contributed by atoms with E-state index in [1.165, 1.54) is 11.0 Å². The third kappa shape index (κ3) is 2.73. The molecule has 3 aromatic heterocycles. The van der Waals surface area contributed by atoms with Crippen LogP contribution in [0.4, 0.5) is 0 Å². The van der Waals surface area contributed by atoms with E-state index in [4.69, 9.17) is 4.52 Å². The summed E-state index contributed by atoms with van der Waals surface area (Å²) in [5.74, 6) is 0.866. The first kappa shape index (κ1) is 14.4. The van der Waals surface area contributed by atoms with Crippen molar-refractivity contribution < 1.29 is 9.32 Å². The molecule has 1 atom stereocenters. The minimum atomic E-state index is -0.211. The molecular weight excluding hydrogens is 312 g/mol. The summed E-state index contributed by atoms with van der Waals surface area (Å²) < 4.78 is 6.79. The molecule has 1 saturated heterocycles. The number of pyridine rings is 1. The second kappa shape index (κ2) is 6.14. The van der Waals surface area contributed by atoms with E-state index in [2.05, 4.69) is 30.7 Å². The zero-order chi connectivity index (χ0) is 16.4. The van der Waals surface area contributed by atoms with Crippen molar-refractivity contribution in [2.75, 3.05) is 6.54 Å². The molecule has 122 valence electrons. The molecule has 0 bridgehead atoms. The molecule has 1 fully saturated rings. The zero-order valence-electron chi connectivity index (χ0n) is 12.7. The summed E-state index contributed by atoms with van der Waals surface area (Å²) in [5.41, 5.74) is 0.824. The highest BCUT2D eigenvalue weighted by molar-refractivity contribution is 5.76. The maximum absolute atomic E-state index is 12.5. The molecule has 1 aliphatic rings. The molecule has 10 heteroatoms. The van der Waals surface area contributed by atoms with Crippen molar-refractivity contribution in [3.63, 3.8) is 0 Å². The van der Waals surface area contributed by atoms with Crippen molar-refractivity contribution in [1.82, 2.24) is 40.2 Å². The van der Waals surface area contributed by atoms with Gasteiger partial charge in [0.15, 0.2) is 0 Å². The Kier molecular flexibility index (Phi) is 3.69. The largest absolute Gasteiger partial charge is 0.337 e. The number of hydrogen-bond acceptors (Lipinski definition) is 8. The Morgan fingerprint density at radius 2 is 2.21 bits per heavy atom. The number of amides is 1. The van der Waals surface area contributed by atoms with Gasteiger partial charge in [0.25, 0.3) is 0 Å². The third-order valence-electron chi connectivity index (χ3n) is 3.93. The van der Waals surface area contributed by atoms with E-state index in [-0.39, 0.29) is 18.5 Å². The molecule has 0 N–H and O–H groups in total. The molecule has 4 rings (SSSR count). The number of likely N-dealkylation sites (tertiary alicyclic amines) is 1. The Bertz CT molecular complexity index is 816. The van der Waals surface area contributed by atoms with Gasteiger partial charge in [0, 0.05) is 24.5 Å². The van der Waals surface area contributed by atoms with E-state index >= 15 is 0 Å². The van der Waals surface area contributed by atoms with Crippen LogP contribution in [0.2, 0.25) is 0 Å². The minimum absolute atomic E-state index is 0.0755. The number of carbonyl (C=O) groups excluding carboxylic acids is 1. The van der Waals surface area contributed by atoms with Crippen molar-refractivity contribution >= 4 is 5.91 Å². The molecule has 0 aliphatic carbocycles. The molecule has 0 radical (unpaired) electrons. The fourth-order valence-corrected chi connectivity index (χ4v) is 2.79. The number of aromatic nitrogens is 7. The number of hydrogen-bond donors (Lipinski definition) is 0. The van der Waals surface area contributed by atoms with E-state index in [9.17, 15) is 4.79 Å². The quantitative estimate of drug-likeness (QED) is 0.680. The summed E-state index contributed by atoms with van der Waals surface area (Å²) in [6.45, 7) is 0.743. The lowest BCUT2D eigenvalue weighted by Gasteiger charge is -2.21. The van der Waals surface area contributed by atoms with Crippen LogP contribution in [0, 0.1) is 0 Å². The zero-order valence-corrected chi connectivity index (χ0v) is 12.7. The van der Waals surface area contributed by atoms with Gasteiger partial charge in [0.05, 0.1) is 0 Å². The fourth-order valence-electron chi connectivity index (χ4n) is 2.79. The Morgan fingerprint density at radius 1 is 1.33 bits per heavy atom. The Morgan fingerprint density at radius 3 is 3.00 bits per heavy atom. The number of nitrogens with zero attached hydrogens (tertiary/aromatic N) is 8. The molecule has 0 unspecified atom stereocenters. The van der Waals surface area contributed by atoms with Crippen molar-refractivity contribution in [2.24, 2.45) is 0 Å². The van der Waals surface area contributed by atoms with E-state index in [1.807, 2.05) is 12.1 Å². The van der Waals surface area contributed by atoms with Gasteiger partial charge < -0.3 is 9.42 Å². The van der Waals surface area contributed by atoms with Crippen LogP contribution in [0.5, 0.6) is 0 Å². The number of rotatable bonds is 4. The predicted octanol–water partition coefficient (Wildman–Crippen LogP) is 0.482. The van der Waals surface area contributed by atoms with Crippen LogP contribution < -0.4 is 0 Å². The SMILES string of the molecule is O=C(Cn1cnnn1)N1CCC[C@H]1c1nc(-c2ccncc2)no1. The van der Waals surface area contributed by atoms with Crippen LogP contribution in [-0.4, -0.2) is 52.7 Å². The molecule has 0 spiro atoms. The summed E-state index contributed by atoms with van der Waals surface area (Å²) in [6, 6.07) is 3.41. The second-order valence-electron chi connectivity index (χ2n) is 5.44. The standard InChI is InChI=1S/C14H14N8O2/c23-12(8-21-9-16-19-20-21)22-7-1-2-11(22)14-17-13(18-24-14)10-3-5-15-6-4-10/h3-6,9,11H,1-2,7-8H2/t11-/m0/s1. The molecule has 1 amide bonds. The van der Waals surface area contributed by atoms with Gasteiger partial charge in [-0.25, -0.2) is 4.68 Å². The van der Waals surface area contributed by atoms with Crippen molar-refractivity contribution in [3.8, 4) is 11.4 Å². The highest BCUT2D eigenvalue weighted by Crippen LogP contribution is 2.32. The van der Waals surface area contributed by atoms with Crippen LogP contribution in [0.15, 0.2) is 35.4 Å². The monoisotopic (exact) mass is 326 g/mol. The second-order valence-corrected chi connectivity index (χ2v) is 5.44. The summed E-state index contributed by atoms with van der Waals surface area (Å²) in [6.07, 6.45) is 6.43. The molecule has 1 aliphatic heterocycles. The lowest BCUT2D eigenvalue weighted by Crippen LogP contribution is -2.33. The fraction of sp³-hybridized carbons (Fsp3) is 0.357. The molecule has 10 nitrogen and oxygen atoms in total. The van der Waals surface area contributed by atoms with Gasteiger partial charge in [-0.3, -0.25) is 9.78 Å². The smallest absolute Gasteiger partial charge is 0.249 e. The summed E-state index contributed by atoms with van der Waals surface area (Å²) in [5, 5.41) is 14.8. The summed E-state index contributed by atoms with van der Waals surface area (Å²) in [7, 11) is 0. The topological polar surface area (TPSA) is 116 Å². The number of carbonyl (C=O) groups is 1. The maximum atomic E-state index is 12.5. The van der Waals surface area contributed by atoms with Crippen LogP contribution in [0.1, 0.15) is 24.8 Å². The average molecular weight is 326 g/mol. The van der Waals surface area contributed by atoms with Crippen molar-refractivity contribution in [2.45, 2.75) is 25.4 Å². The highest BCUT2D eigenvalue weighted by atomic mass is 16.5. The van der Waals surface area contributed by atoms with Gasteiger partial charge in [-0.15, -0.1) is 5.10 Å². The molecule has 0 aromatic carbocycles. The summed E-state index contributed by atoms with van der Waals surface area (Å²) >= 11 is 0. The van der Waals surface area contributed by atoms with Gasteiger partial charge in [-0.05, 0) is 35.4 Å². The summed E-state index contributed by atoms with van der Waals surface area (Å²) in [4.78, 5) is 22.6. The molecular formula is C14H14N8O2. The van der Waals surface area contributed by atoms with Crippen LogP contribution in [0.25, 0.3) is 11.4 Å². The van der Waals surface area contributed by atoms with Gasteiger partial charge >= 0.3 is 0 Å². The van der Waals surface area contributed by atoms with Crippen LogP contribution in [-0.2, 0) is 11.3 Å². The van der Waals surface area contributed by atoms with Gasteiger partial charge in [0.1, 0.15) is 18.9 Å². The van der Waals surface area contributed by atoms with Gasteiger partial charge in [0.2, 0.25) is 17.6 Å². The third-order valence-corrected chi connectivity index (χ3v) is 3.93. The Hall–Kier alpha value is -3.17. The van der Waals surface area contributed by atoms with Crippen molar-refractivity contribution in [3.05, 3.63) is 36.7 Å². The Labute approximate surface area is 136 Å². The lowest BCUT2D eigenvalue weighted by atomic mass is 10.2. The average Bonchev–Trinajstić information content (AvgIpc) is 3.36. The van der Waals surface area contributed by atoms with Gasteiger partial charge in [-0.1, -0.05) is 5.16 Å². The van der Waals surface area contributed by atoms with Crippen LogP contribution in [0.3, 0.4) is 0 Å². The van der Waals surface area contributed by atoms with E-state index in [1.54, 1.807) is 17.3 Å². The van der Waals surface area contributed by atoms with E-state index < -0.39 is 0 Å². The first-order chi connectivity index (χ1) is 11.8.